The molecule has 1 aliphatic rings. The molecule has 0 saturated carbocycles. The summed E-state index contributed by atoms with van der Waals surface area (Å²) in [5, 5.41) is 8.93. The van der Waals surface area contributed by atoms with Crippen LogP contribution in [0.25, 0.3) is 0 Å². The van der Waals surface area contributed by atoms with Crippen LogP contribution in [0.5, 0.6) is 0 Å². The number of nitrogens with two attached hydrogens (primary N) is 1. The molecule has 1 aromatic heterocycles. The van der Waals surface area contributed by atoms with E-state index in [2.05, 4.69) is 16.3 Å². The van der Waals surface area contributed by atoms with Crippen LogP contribution in [0.15, 0.2) is 24.3 Å². The minimum Gasteiger partial charge on any atom is -0.374 e. The fourth-order valence-electron chi connectivity index (χ4n) is 2.14. The Morgan fingerprint density at radius 3 is 2.89 bits per heavy atom. The molecule has 5 nitrogen and oxygen atoms in total. The Morgan fingerprint density at radius 2 is 2.11 bits per heavy atom. The van der Waals surface area contributed by atoms with Crippen LogP contribution in [0.2, 0.25) is 0 Å². The summed E-state index contributed by atoms with van der Waals surface area (Å²) in [6.07, 6.45) is 1.36. The summed E-state index contributed by atoms with van der Waals surface area (Å²) >= 11 is 1.32. The molecule has 0 spiro atoms. The Hall–Kier alpha value is -1.95. The minimum atomic E-state index is 0.127. The van der Waals surface area contributed by atoms with Crippen LogP contribution in [0.1, 0.15) is 17.0 Å². The van der Waals surface area contributed by atoms with Gasteiger partial charge in [0.1, 0.15) is 5.01 Å². The van der Waals surface area contributed by atoms with E-state index < -0.39 is 0 Å². The van der Waals surface area contributed by atoms with Gasteiger partial charge in [-0.3, -0.25) is 4.79 Å². The third-order valence-electron chi connectivity index (χ3n) is 2.97. The van der Waals surface area contributed by atoms with E-state index in [1.807, 2.05) is 18.2 Å². The molecule has 0 unspecified atom stereocenters. The Balaban J connectivity index is 1.93. The molecule has 2 heterocycles. The van der Waals surface area contributed by atoms with E-state index in [1.165, 1.54) is 16.9 Å². The quantitative estimate of drug-likeness (QED) is 0.890. The van der Waals surface area contributed by atoms with Crippen molar-refractivity contribution in [3.05, 3.63) is 34.8 Å². The van der Waals surface area contributed by atoms with Crippen molar-refractivity contribution in [1.29, 1.82) is 0 Å². The maximum Gasteiger partial charge on any atom is 0.227 e. The van der Waals surface area contributed by atoms with Crippen molar-refractivity contribution in [3.63, 3.8) is 0 Å². The molecular weight excluding hydrogens is 248 g/mol. The van der Waals surface area contributed by atoms with E-state index in [0.717, 1.165) is 17.1 Å². The predicted octanol–water partition coefficient (Wildman–Crippen LogP) is 1.60. The van der Waals surface area contributed by atoms with Crippen molar-refractivity contribution in [2.45, 2.75) is 19.4 Å². The van der Waals surface area contributed by atoms with Crippen LogP contribution in [0, 0.1) is 0 Å². The highest BCUT2D eigenvalue weighted by Gasteiger charge is 2.24. The number of nitrogen functional groups attached to an aromatic ring is 1. The second-order valence-electron chi connectivity index (χ2n) is 4.14. The highest BCUT2D eigenvalue weighted by Crippen LogP contribution is 2.29. The number of anilines is 2. The first-order valence-corrected chi connectivity index (χ1v) is 6.52. The lowest BCUT2D eigenvalue weighted by Crippen LogP contribution is -2.34. The molecule has 0 radical (unpaired) electrons. The molecule has 2 N–H and O–H groups in total. The summed E-state index contributed by atoms with van der Waals surface area (Å²) in [5.74, 6) is 0.127. The van der Waals surface area contributed by atoms with Crippen molar-refractivity contribution in [2.24, 2.45) is 0 Å². The van der Waals surface area contributed by atoms with Crippen molar-refractivity contribution < 1.29 is 4.79 Å². The van der Waals surface area contributed by atoms with Gasteiger partial charge in [-0.2, -0.15) is 0 Å². The number of aryl methyl sites for hydroxylation is 1. The fraction of sp³-hybridized carbons (Fsp3) is 0.250. The number of carbonyl (C=O) groups is 1. The average Bonchev–Trinajstić information content (AvgIpc) is 2.79. The first kappa shape index (κ1) is 11.2. The van der Waals surface area contributed by atoms with E-state index in [0.29, 0.717) is 18.1 Å². The number of aromatic nitrogens is 2. The number of hydrogen-bond acceptors (Lipinski definition) is 5. The highest BCUT2D eigenvalue weighted by atomic mass is 32.1. The molecule has 2 aromatic rings. The standard InChI is InChI=1S/C12H12N4OS/c13-12-15-14-10(18-12)7-16-9-4-2-1-3-8(9)5-6-11(16)17/h1-4H,5-7H2,(H2,13,15). The molecule has 3 rings (SSSR count). The normalized spacial score (nSPS) is 14.7. The Kier molecular flexibility index (Phi) is 2.71. The zero-order valence-corrected chi connectivity index (χ0v) is 10.5. The van der Waals surface area contributed by atoms with Crippen molar-refractivity contribution >= 4 is 28.1 Å². The van der Waals surface area contributed by atoms with Gasteiger partial charge in [0, 0.05) is 12.1 Å². The smallest absolute Gasteiger partial charge is 0.227 e. The molecule has 1 aromatic carbocycles. The number of fused-ring (bicyclic) bond motifs is 1. The zero-order chi connectivity index (χ0) is 12.5. The molecule has 0 aliphatic carbocycles. The second kappa shape index (κ2) is 4.38. The van der Waals surface area contributed by atoms with E-state index in [4.69, 9.17) is 5.73 Å². The number of amides is 1. The number of carbonyl (C=O) groups excluding carboxylic acids is 1. The number of nitrogens with zero attached hydrogens (tertiary/aromatic N) is 3. The lowest BCUT2D eigenvalue weighted by molar-refractivity contribution is -0.119. The first-order chi connectivity index (χ1) is 8.74. The molecule has 6 heteroatoms. The predicted molar refractivity (Wildman–Crippen MR) is 70.3 cm³/mol. The summed E-state index contributed by atoms with van der Waals surface area (Å²) in [4.78, 5) is 13.8. The average molecular weight is 260 g/mol. The van der Waals surface area contributed by atoms with Gasteiger partial charge in [0.25, 0.3) is 0 Å². The van der Waals surface area contributed by atoms with Gasteiger partial charge in [0.15, 0.2) is 0 Å². The molecular formula is C12H12N4OS. The maximum atomic E-state index is 12.0. The van der Waals surface area contributed by atoms with Crippen molar-refractivity contribution in [3.8, 4) is 0 Å². The lowest BCUT2D eigenvalue weighted by atomic mass is 10.0. The first-order valence-electron chi connectivity index (χ1n) is 5.70. The monoisotopic (exact) mass is 260 g/mol. The summed E-state index contributed by atoms with van der Waals surface area (Å²) in [6, 6.07) is 7.97. The molecule has 0 saturated heterocycles. The largest absolute Gasteiger partial charge is 0.374 e. The topological polar surface area (TPSA) is 72.1 Å². The van der Waals surface area contributed by atoms with Gasteiger partial charge in [0.05, 0.1) is 6.54 Å². The van der Waals surface area contributed by atoms with E-state index >= 15 is 0 Å². The van der Waals surface area contributed by atoms with Crippen molar-refractivity contribution in [1.82, 2.24) is 10.2 Å². The lowest BCUT2D eigenvalue weighted by Gasteiger charge is -2.28. The molecule has 18 heavy (non-hydrogen) atoms. The molecule has 0 fully saturated rings. The summed E-state index contributed by atoms with van der Waals surface area (Å²) < 4.78 is 0. The Labute approximate surface area is 108 Å². The van der Waals surface area contributed by atoms with Gasteiger partial charge in [-0.1, -0.05) is 29.5 Å². The van der Waals surface area contributed by atoms with Crippen LogP contribution >= 0.6 is 11.3 Å². The van der Waals surface area contributed by atoms with Crippen molar-refractivity contribution in [2.75, 3.05) is 10.6 Å². The highest BCUT2D eigenvalue weighted by molar-refractivity contribution is 7.15. The SMILES string of the molecule is Nc1nnc(CN2C(=O)CCc3ccccc32)s1. The summed E-state index contributed by atoms with van der Waals surface area (Å²) in [7, 11) is 0. The van der Waals surface area contributed by atoms with E-state index in [1.54, 1.807) is 4.90 Å². The third-order valence-corrected chi connectivity index (χ3v) is 3.70. The molecule has 1 aliphatic heterocycles. The van der Waals surface area contributed by atoms with Crippen LogP contribution < -0.4 is 10.6 Å². The summed E-state index contributed by atoms with van der Waals surface area (Å²) in [5.41, 5.74) is 7.73. The van der Waals surface area contributed by atoms with Gasteiger partial charge < -0.3 is 10.6 Å². The second-order valence-corrected chi connectivity index (χ2v) is 5.24. The van der Waals surface area contributed by atoms with Crippen LogP contribution in [0.3, 0.4) is 0 Å². The Morgan fingerprint density at radius 1 is 1.28 bits per heavy atom. The zero-order valence-electron chi connectivity index (χ0n) is 9.67. The maximum absolute atomic E-state index is 12.0. The number of para-hydroxylation sites is 1. The molecule has 0 atom stereocenters. The van der Waals surface area contributed by atoms with Crippen LogP contribution in [-0.4, -0.2) is 16.1 Å². The summed E-state index contributed by atoms with van der Waals surface area (Å²) in [6.45, 7) is 0.449. The molecule has 1 amide bonds. The van der Waals surface area contributed by atoms with Crippen LogP contribution in [-0.2, 0) is 17.8 Å². The van der Waals surface area contributed by atoms with Gasteiger partial charge >= 0.3 is 0 Å². The van der Waals surface area contributed by atoms with Gasteiger partial charge in [0.2, 0.25) is 11.0 Å². The number of rotatable bonds is 2. The third kappa shape index (κ3) is 1.95. The van der Waals surface area contributed by atoms with Gasteiger partial charge in [-0.25, -0.2) is 0 Å². The number of hydrogen-bond donors (Lipinski definition) is 1. The van der Waals surface area contributed by atoms with Gasteiger partial charge in [-0.05, 0) is 18.1 Å². The van der Waals surface area contributed by atoms with E-state index in [-0.39, 0.29) is 5.91 Å². The molecule has 92 valence electrons. The fourth-order valence-corrected chi connectivity index (χ4v) is 2.73. The molecule has 0 bridgehead atoms. The van der Waals surface area contributed by atoms with E-state index in [9.17, 15) is 4.79 Å². The van der Waals surface area contributed by atoms with Crippen LogP contribution in [0.4, 0.5) is 10.8 Å². The minimum absolute atomic E-state index is 0.127. The number of benzene rings is 1. The Bertz CT molecular complexity index is 595. The van der Waals surface area contributed by atoms with Gasteiger partial charge in [-0.15, -0.1) is 10.2 Å².